The molecular weight excluding hydrogens is 412 g/mol. The molecule has 31 heavy (non-hydrogen) atoms. The highest BCUT2D eigenvalue weighted by molar-refractivity contribution is 7.99. The van der Waals surface area contributed by atoms with Gasteiger partial charge in [-0.3, -0.25) is 19.0 Å². The van der Waals surface area contributed by atoms with Gasteiger partial charge < -0.3 is 10.6 Å². The second-order valence-corrected chi connectivity index (χ2v) is 8.63. The predicted molar refractivity (Wildman–Crippen MR) is 121 cm³/mol. The van der Waals surface area contributed by atoms with E-state index in [1.54, 1.807) is 21.6 Å². The smallest absolute Gasteiger partial charge is 0.266 e. The van der Waals surface area contributed by atoms with E-state index >= 15 is 0 Å². The van der Waals surface area contributed by atoms with Crippen LogP contribution in [-0.2, 0) is 9.59 Å². The summed E-state index contributed by atoms with van der Waals surface area (Å²) in [5.41, 5.74) is 7.53. The first-order valence-corrected chi connectivity index (χ1v) is 11.2. The molecule has 0 aliphatic carbocycles. The van der Waals surface area contributed by atoms with Gasteiger partial charge in [-0.15, -0.1) is 0 Å². The summed E-state index contributed by atoms with van der Waals surface area (Å²) in [5, 5.41) is 1.02. The number of hydrogen-bond acceptors (Lipinski definition) is 5. The number of para-hydroxylation sites is 2. The van der Waals surface area contributed by atoms with Crippen LogP contribution in [0.5, 0.6) is 0 Å². The summed E-state index contributed by atoms with van der Waals surface area (Å²) in [4.78, 5) is 43.9. The number of aromatic nitrogens is 2. The second kappa shape index (κ2) is 8.93. The third-order valence-electron chi connectivity index (χ3n) is 5.68. The maximum atomic E-state index is 13.3. The average Bonchev–Trinajstić information content (AvgIpc) is 2.78. The summed E-state index contributed by atoms with van der Waals surface area (Å²) < 4.78 is 1.59. The number of carbonyl (C=O) groups excluding carboxylic acids is 2. The number of aryl methyl sites for hydroxylation is 1. The fourth-order valence-corrected chi connectivity index (χ4v) is 4.78. The van der Waals surface area contributed by atoms with Gasteiger partial charge >= 0.3 is 0 Å². The number of thioether (sulfide) groups is 1. The Morgan fingerprint density at radius 1 is 1.10 bits per heavy atom. The second-order valence-electron chi connectivity index (χ2n) is 7.68. The molecule has 1 aliphatic heterocycles. The molecule has 2 N–H and O–H groups in total. The van der Waals surface area contributed by atoms with Gasteiger partial charge in [-0.05, 0) is 43.5 Å². The minimum atomic E-state index is -0.302. The van der Waals surface area contributed by atoms with Crippen LogP contribution in [0, 0.1) is 12.8 Å². The first-order chi connectivity index (χ1) is 15.0. The van der Waals surface area contributed by atoms with Crippen molar-refractivity contribution in [1.82, 2.24) is 14.5 Å². The molecular formula is C23H24N4O3S. The Kier molecular flexibility index (Phi) is 6.08. The number of primary amides is 1. The number of rotatable bonds is 5. The molecule has 0 bridgehead atoms. The number of amides is 2. The zero-order chi connectivity index (χ0) is 22.0. The van der Waals surface area contributed by atoms with Crippen LogP contribution in [0.2, 0.25) is 0 Å². The van der Waals surface area contributed by atoms with E-state index in [0.29, 0.717) is 42.0 Å². The molecule has 1 saturated heterocycles. The lowest BCUT2D eigenvalue weighted by molar-refractivity contribution is -0.132. The third-order valence-corrected chi connectivity index (χ3v) is 6.60. The molecule has 2 heterocycles. The molecule has 8 heteroatoms. The summed E-state index contributed by atoms with van der Waals surface area (Å²) >= 11 is 1.26. The molecule has 7 nitrogen and oxygen atoms in total. The number of carbonyl (C=O) groups is 2. The highest BCUT2D eigenvalue weighted by Gasteiger charge is 2.26. The summed E-state index contributed by atoms with van der Waals surface area (Å²) in [7, 11) is 0. The van der Waals surface area contributed by atoms with Gasteiger partial charge in [-0.25, -0.2) is 4.98 Å². The van der Waals surface area contributed by atoms with Crippen LogP contribution in [0.4, 0.5) is 0 Å². The Bertz CT molecular complexity index is 1200. The van der Waals surface area contributed by atoms with Crippen molar-refractivity contribution in [2.45, 2.75) is 24.9 Å². The Morgan fingerprint density at radius 2 is 1.77 bits per heavy atom. The van der Waals surface area contributed by atoms with Crippen molar-refractivity contribution in [3.8, 4) is 5.69 Å². The molecule has 0 spiro atoms. The van der Waals surface area contributed by atoms with Crippen LogP contribution < -0.4 is 11.3 Å². The molecule has 3 aromatic rings. The molecule has 1 aromatic heterocycles. The van der Waals surface area contributed by atoms with E-state index in [-0.39, 0.29) is 29.0 Å². The van der Waals surface area contributed by atoms with Crippen LogP contribution in [-0.4, -0.2) is 45.1 Å². The molecule has 2 aromatic carbocycles. The maximum absolute atomic E-state index is 13.3. The number of fused-ring (bicyclic) bond motifs is 1. The highest BCUT2D eigenvalue weighted by atomic mass is 32.2. The van der Waals surface area contributed by atoms with Crippen molar-refractivity contribution in [3.63, 3.8) is 0 Å². The van der Waals surface area contributed by atoms with E-state index in [1.165, 1.54) is 11.8 Å². The van der Waals surface area contributed by atoms with E-state index in [1.807, 2.05) is 43.3 Å². The zero-order valence-electron chi connectivity index (χ0n) is 17.3. The molecule has 4 rings (SSSR count). The van der Waals surface area contributed by atoms with Gasteiger partial charge in [0, 0.05) is 19.0 Å². The van der Waals surface area contributed by atoms with E-state index in [9.17, 15) is 14.4 Å². The summed E-state index contributed by atoms with van der Waals surface area (Å²) in [6, 6.07) is 14.9. The van der Waals surface area contributed by atoms with E-state index in [4.69, 9.17) is 10.7 Å². The number of nitrogens with zero attached hydrogens (tertiary/aromatic N) is 3. The maximum Gasteiger partial charge on any atom is 0.266 e. The molecule has 0 unspecified atom stereocenters. The highest BCUT2D eigenvalue weighted by Crippen LogP contribution is 2.24. The van der Waals surface area contributed by atoms with E-state index in [0.717, 1.165) is 11.3 Å². The Morgan fingerprint density at radius 3 is 2.48 bits per heavy atom. The van der Waals surface area contributed by atoms with Crippen LogP contribution in [0.3, 0.4) is 0 Å². The number of benzene rings is 2. The predicted octanol–water partition coefficient (Wildman–Crippen LogP) is 2.51. The quantitative estimate of drug-likeness (QED) is 0.490. The minimum Gasteiger partial charge on any atom is -0.369 e. The first kappa shape index (κ1) is 21.1. The van der Waals surface area contributed by atoms with Crippen LogP contribution >= 0.6 is 11.8 Å². The SMILES string of the molecule is Cc1ccccc1-n1c(SCC(=O)N2CCC(C(N)=O)CC2)nc2ccccc2c1=O. The van der Waals surface area contributed by atoms with Crippen molar-refractivity contribution in [1.29, 1.82) is 0 Å². The van der Waals surface area contributed by atoms with Crippen molar-refractivity contribution in [2.75, 3.05) is 18.8 Å². The molecule has 0 atom stereocenters. The number of nitrogens with two attached hydrogens (primary N) is 1. The van der Waals surface area contributed by atoms with Crippen LogP contribution in [0.1, 0.15) is 18.4 Å². The van der Waals surface area contributed by atoms with E-state index in [2.05, 4.69) is 0 Å². The van der Waals surface area contributed by atoms with Gasteiger partial charge in [0.1, 0.15) is 0 Å². The van der Waals surface area contributed by atoms with Crippen molar-refractivity contribution < 1.29 is 9.59 Å². The molecule has 0 radical (unpaired) electrons. The standard InChI is InChI=1S/C23H24N4O3S/c1-15-6-2-5-9-19(15)27-22(30)17-7-3-4-8-18(17)25-23(27)31-14-20(28)26-12-10-16(11-13-26)21(24)29/h2-9,16H,10-14H2,1H3,(H2,24,29). The van der Waals surface area contributed by atoms with Gasteiger partial charge in [0.25, 0.3) is 5.56 Å². The van der Waals surface area contributed by atoms with Gasteiger partial charge in [-0.1, -0.05) is 42.1 Å². The number of hydrogen-bond donors (Lipinski definition) is 1. The zero-order valence-corrected chi connectivity index (χ0v) is 18.1. The van der Waals surface area contributed by atoms with Gasteiger partial charge in [0.2, 0.25) is 11.8 Å². The van der Waals surface area contributed by atoms with Gasteiger partial charge in [0.15, 0.2) is 5.16 Å². The fourth-order valence-electron chi connectivity index (χ4n) is 3.87. The molecule has 1 fully saturated rings. The summed E-state index contributed by atoms with van der Waals surface area (Å²) in [5.74, 6) is -0.335. The average molecular weight is 437 g/mol. The number of piperidine rings is 1. The van der Waals surface area contributed by atoms with Crippen molar-refractivity contribution in [2.24, 2.45) is 11.7 Å². The monoisotopic (exact) mass is 436 g/mol. The Labute approximate surface area is 184 Å². The van der Waals surface area contributed by atoms with Crippen LogP contribution in [0.15, 0.2) is 58.5 Å². The lowest BCUT2D eigenvalue weighted by Gasteiger charge is -2.30. The topological polar surface area (TPSA) is 98.3 Å². The summed E-state index contributed by atoms with van der Waals surface area (Å²) in [6.45, 7) is 2.98. The van der Waals surface area contributed by atoms with E-state index < -0.39 is 0 Å². The van der Waals surface area contributed by atoms with Crippen molar-refractivity contribution >= 4 is 34.5 Å². The largest absolute Gasteiger partial charge is 0.369 e. The Balaban J connectivity index is 1.62. The van der Waals surface area contributed by atoms with Gasteiger partial charge in [-0.2, -0.15) is 0 Å². The lowest BCUT2D eigenvalue weighted by Crippen LogP contribution is -2.42. The third kappa shape index (κ3) is 4.34. The molecule has 1 aliphatic rings. The minimum absolute atomic E-state index is 0.0355. The molecule has 160 valence electrons. The Hall–Kier alpha value is -3.13. The fraction of sp³-hybridized carbons (Fsp3) is 0.304. The molecule has 2 amide bonds. The van der Waals surface area contributed by atoms with Crippen molar-refractivity contribution in [3.05, 3.63) is 64.4 Å². The lowest BCUT2D eigenvalue weighted by atomic mass is 9.96. The summed E-state index contributed by atoms with van der Waals surface area (Å²) in [6.07, 6.45) is 1.18. The first-order valence-electron chi connectivity index (χ1n) is 10.2. The van der Waals surface area contributed by atoms with Crippen LogP contribution in [0.25, 0.3) is 16.6 Å². The molecule has 0 saturated carbocycles. The number of likely N-dealkylation sites (tertiary alicyclic amines) is 1. The normalized spacial score (nSPS) is 14.7. The van der Waals surface area contributed by atoms with Gasteiger partial charge in [0.05, 0.1) is 22.3 Å².